The molecule has 356 valence electrons. The van der Waals surface area contributed by atoms with Crippen LogP contribution in [0.25, 0.3) is 0 Å². The third-order valence-electron chi connectivity index (χ3n) is 11.8. The van der Waals surface area contributed by atoms with E-state index in [2.05, 4.69) is 73.4 Å². The fraction of sp³-hybridized carbons (Fsp3) is 1.00. The van der Waals surface area contributed by atoms with Crippen molar-refractivity contribution in [1.82, 2.24) is 0 Å². The molecule has 9 atom stereocenters. The molecule has 0 heterocycles. The normalized spacial score (nSPS) is 17.7. The Balaban J connectivity index is 4.69. The summed E-state index contributed by atoms with van der Waals surface area (Å²) in [5.74, 6) is 5.71. The third kappa shape index (κ3) is 40.4. The third-order valence-corrected chi connectivity index (χ3v) is 13.2. The van der Waals surface area contributed by atoms with Crippen LogP contribution >= 0.6 is 7.82 Å². The van der Waals surface area contributed by atoms with E-state index in [0.29, 0.717) is 25.0 Å². The molecule has 0 saturated heterocycles. The van der Waals surface area contributed by atoms with Gasteiger partial charge in [-0.2, -0.15) is 8.42 Å². The zero-order valence-corrected chi connectivity index (χ0v) is 41.3. The zero-order chi connectivity index (χ0) is 44.7. The highest BCUT2D eigenvalue weighted by atomic mass is 32.3. The lowest BCUT2D eigenvalue weighted by atomic mass is 9.91. The molecule has 0 radical (unpaired) electrons. The van der Waals surface area contributed by atoms with Crippen molar-refractivity contribution >= 4 is 18.2 Å². The lowest BCUT2D eigenvalue weighted by Crippen LogP contribution is -2.27. The summed E-state index contributed by atoms with van der Waals surface area (Å²) >= 11 is 0. The van der Waals surface area contributed by atoms with Crippen LogP contribution < -0.4 is 0 Å². The van der Waals surface area contributed by atoms with Gasteiger partial charge in [0.25, 0.3) is 0 Å². The quantitative estimate of drug-likeness (QED) is 0.0304. The molecule has 7 unspecified atom stereocenters. The molecule has 0 rings (SSSR count). The molecule has 11 nitrogen and oxygen atoms in total. The van der Waals surface area contributed by atoms with E-state index in [4.69, 9.17) is 23.1 Å². The van der Waals surface area contributed by atoms with Crippen molar-refractivity contribution in [3.05, 3.63) is 0 Å². The molecule has 0 amide bonds. The maximum Gasteiger partial charge on any atom is 0.472 e. The largest absolute Gasteiger partial charge is 0.472 e. The first-order valence-corrected chi connectivity index (χ1v) is 26.6. The number of ether oxygens (including phenoxy) is 2. The van der Waals surface area contributed by atoms with E-state index in [1.165, 1.54) is 103 Å². The van der Waals surface area contributed by atoms with Crippen molar-refractivity contribution in [1.29, 1.82) is 0 Å². The molecule has 0 bridgehead atoms. The maximum atomic E-state index is 12.6. The average molecular weight is 887 g/mol. The second-order valence-electron chi connectivity index (χ2n) is 19.6. The Kier molecular flexibility index (Phi) is 35.2. The monoisotopic (exact) mass is 887 g/mol. The first kappa shape index (κ1) is 58.9. The number of aliphatic hydroxyl groups excluding tert-OH is 1. The van der Waals surface area contributed by atoms with Crippen LogP contribution in [-0.2, 0) is 37.7 Å². The van der Waals surface area contributed by atoms with E-state index < -0.39 is 43.6 Å². The predicted octanol–water partition coefficient (Wildman–Crippen LogP) is 12.6. The molecule has 0 aromatic rings. The predicted molar refractivity (Wildman–Crippen MR) is 243 cm³/mol. The minimum Gasteiger partial charge on any atom is -0.388 e. The molecule has 0 spiro atoms. The van der Waals surface area contributed by atoms with E-state index in [0.717, 1.165) is 61.2 Å². The van der Waals surface area contributed by atoms with Crippen molar-refractivity contribution in [2.45, 2.75) is 210 Å². The van der Waals surface area contributed by atoms with Crippen LogP contribution in [-0.4, -0.2) is 74.8 Å². The summed E-state index contributed by atoms with van der Waals surface area (Å²) in [6, 6.07) is 0. The fourth-order valence-corrected chi connectivity index (χ4v) is 8.68. The van der Waals surface area contributed by atoms with Crippen molar-refractivity contribution in [3.63, 3.8) is 0 Å². The van der Waals surface area contributed by atoms with Gasteiger partial charge in [-0.25, -0.2) is 8.75 Å². The van der Waals surface area contributed by atoms with Crippen molar-refractivity contribution in [3.8, 4) is 0 Å². The Morgan fingerprint density at radius 3 is 1.19 bits per heavy atom. The van der Waals surface area contributed by atoms with E-state index in [1.54, 1.807) is 0 Å². The van der Waals surface area contributed by atoms with Gasteiger partial charge in [0, 0.05) is 13.2 Å². The molecular formula is C46H95O11PS. The highest BCUT2D eigenvalue weighted by Crippen LogP contribution is 2.43. The van der Waals surface area contributed by atoms with E-state index in [9.17, 15) is 23.0 Å². The van der Waals surface area contributed by atoms with E-state index in [1.807, 2.05) is 0 Å². The van der Waals surface area contributed by atoms with E-state index in [-0.39, 0.29) is 13.2 Å². The summed E-state index contributed by atoms with van der Waals surface area (Å²) in [5.41, 5.74) is 0. The molecule has 0 aliphatic rings. The number of aliphatic hydroxyl groups is 1. The minimum absolute atomic E-state index is 0.187. The topological polar surface area (TPSA) is 158 Å². The molecule has 0 aliphatic heterocycles. The van der Waals surface area contributed by atoms with Gasteiger partial charge in [-0.3, -0.25) is 13.6 Å². The number of rotatable bonds is 42. The van der Waals surface area contributed by atoms with Crippen LogP contribution in [0.5, 0.6) is 0 Å². The fourth-order valence-electron chi connectivity index (χ4n) is 7.56. The van der Waals surface area contributed by atoms with Crippen LogP contribution in [0, 0.1) is 47.3 Å². The number of phosphoric ester groups is 1. The Morgan fingerprint density at radius 2 is 0.814 bits per heavy atom. The van der Waals surface area contributed by atoms with Gasteiger partial charge in [-0.1, -0.05) is 185 Å². The molecule has 0 fully saturated rings. The molecule has 3 N–H and O–H groups in total. The Bertz CT molecular complexity index is 1120. The van der Waals surface area contributed by atoms with Gasteiger partial charge in [0.2, 0.25) is 0 Å². The summed E-state index contributed by atoms with van der Waals surface area (Å²) in [6.45, 7) is 22.6. The van der Waals surface area contributed by atoms with Gasteiger partial charge in [-0.05, 0) is 60.2 Å². The first-order chi connectivity index (χ1) is 27.7. The van der Waals surface area contributed by atoms with Gasteiger partial charge < -0.3 is 19.5 Å². The minimum atomic E-state index is -4.77. The highest BCUT2D eigenvalue weighted by Gasteiger charge is 2.26. The number of phosphoric acid groups is 1. The van der Waals surface area contributed by atoms with Crippen LogP contribution in [0.15, 0.2) is 0 Å². The molecule has 0 saturated carbocycles. The SMILES string of the molecule is CC(C)CCCC(C)CCCC(C)CCCC(C)CCOC[C@H](COP(=O)(O)OC[C@@H](O)COS(=O)(=O)O)OCCC(C)CCCC(C)CCCC(C)CCCC(C)C. The molecule has 0 aliphatic carbocycles. The second-order valence-corrected chi connectivity index (χ2v) is 22.1. The lowest BCUT2D eigenvalue weighted by Gasteiger charge is -2.22. The molecule has 13 heteroatoms. The first-order valence-electron chi connectivity index (χ1n) is 23.8. The smallest absolute Gasteiger partial charge is 0.388 e. The number of hydrogen-bond acceptors (Lipinski definition) is 9. The summed E-state index contributed by atoms with van der Waals surface area (Å²) in [6.07, 6.45) is 22.7. The second kappa shape index (κ2) is 35.2. The van der Waals surface area contributed by atoms with Gasteiger partial charge in [0.15, 0.2) is 0 Å². The van der Waals surface area contributed by atoms with Crippen molar-refractivity contribution in [2.75, 3.05) is 39.6 Å². The van der Waals surface area contributed by atoms with Gasteiger partial charge >= 0.3 is 18.2 Å². The maximum absolute atomic E-state index is 12.6. The van der Waals surface area contributed by atoms with Crippen molar-refractivity contribution in [2.24, 2.45) is 47.3 Å². The van der Waals surface area contributed by atoms with Crippen LogP contribution in [0.3, 0.4) is 0 Å². The summed E-state index contributed by atoms with van der Waals surface area (Å²) in [4.78, 5) is 10.2. The van der Waals surface area contributed by atoms with Crippen LogP contribution in [0.4, 0.5) is 0 Å². The molecule has 0 aromatic carbocycles. The van der Waals surface area contributed by atoms with Crippen molar-refractivity contribution < 1.29 is 50.2 Å². The Morgan fingerprint density at radius 1 is 0.475 bits per heavy atom. The Labute approximate surface area is 364 Å². The molecule has 59 heavy (non-hydrogen) atoms. The molecular weight excluding hydrogens is 792 g/mol. The zero-order valence-electron chi connectivity index (χ0n) is 39.6. The lowest BCUT2D eigenvalue weighted by molar-refractivity contribution is -0.0491. The van der Waals surface area contributed by atoms with Gasteiger partial charge in [0.05, 0.1) is 26.4 Å². The standard InChI is InChI=1S/C46H95O11PS/c1-37(2)17-11-19-39(5)21-13-23-41(7)25-15-27-43(9)29-31-53-35-46(36-56-58(48,49)55-33-45(47)34-57-59(50,51)52)54-32-30-44(10)28-16-26-42(8)24-14-22-40(6)20-12-18-38(3)4/h37-47H,11-36H2,1-10H3,(H,48,49)(H,50,51,52)/t39?,40?,41?,42?,43?,44?,45-,46-/m1/s1. The summed E-state index contributed by atoms with van der Waals surface area (Å²) < 4.78 is 68.9. The number of hydrogen-bond donors (Lipinski definition) is 3. The van der Waals surface area contributed by atoms with Crippen LogP contribution in [0.2, 0.25) is 0 Å². The van der Waals surface area contributed by atoms with Crippen LogP contribution in [0.1, 0.15) is 198 Å². The average Bonchev–Trinajstić information content (AvgIpc) is 3.13. The summed E-state index contributed by atoms with van der Waals surface area (Å²) in [7, 11) is -9.40. The Hall–Kier alpha value is -0.140. The molecule has 0 aromatic heterocycles. The van der Waals surface area contributed by atoms with E-state index >= 15 is 0 Å². The van der Waals surface area contributed by atoms with Gasteiger partial charge in [-0.15, -0.1) is 0 Å². The highest BCUT2D eigenvalue weighted by molar-refractivity contribution is 7.80. The summed E-state index contributed by atoms with van der Waals surface area (Å²) in [5, 5.41) is 9.81. The van der Waals surface area contributed by atoms with Gasteiger partial charge in [0.1, 0.15) is 12.2 Å².